The minimum Gasteiger partial charge on any atom is -0.358 e. The molecule has 0 saturated carbocycles. The molecule has 0 aromatic carbocycles. The van der Waals surface area contributed by atoms with Gasteiger partial charge >= 0.3 is 0 Å². The SMILES string of the molecule is CNC(=O)CNC1=NCC(C)(C)CN1. The van der Waals surface area contributed by atoms with Crippen LogP contribution in [0.5, 0.6) is 0 Å². The fraction of sp³-hybridized carbons (Fsp3) is 0.778. The maximum atomic E-state index is 10.9. The third-order valence-electron chi connectivity index (χ3n) is 2.09. The summed E-state index contributed by atoms with van der Waals surface area (Å²) in [5.41, 5.74) is 0.207. The van der Waals surface area contributed by atoms with Crippen molar-refractivity contribution in [1.29, 1.82) is 0 Å². The summed E-state index contributed by atoms with van der Waals surface area (Å²) in [6, 6.07) is 0. The van der Waals surface area contributed by atoms with Crippen molar-refractivity contribution in [2.75, 3.05) is 26.7 Å². The molecule has 0 aromatic heterocycles. The summed E-state index contributed by atoms with van der Waals surface area (Å²) in [6.07, 6.45) is 0. The number of hydrogen-bond acceptors (Lipinski definition) is 4. The van der Waals surface area contributed by atoms with Gasteiger partial charge < -0.3 is 16.0 Å². The van der Waals surface area contributed by atoms with Crippen LogP contribution in [0.4, 0.5) is 0 Å². The minimum absolute atomic E-state index is 0.0423. The van der Waals surface area contributed by atoms with Crippen molar-refractivity contribution in [1.82, 2.24) is 16.0 Å². The second-order valence-corrected chi connectivity index (χ2v) is 4.21. The Hall–Kier alpha value is -1.26. The highest BCUT2D eigenvalue weighted by Crippen LogP contribution is 2.15. The zero-order valence-electron chi connectivity index (χ0n) is 8.98. The number of carbonyl (C=O) groups excluding carboxylic acids is 1. The van der Waals surface area contributed by atoms with Crippen molar-refractivity contribution in [3.05, 3.63) is 0 Å². The predicted octanol–water partition coefficient (Wildman–Crippen LogP) is -0.693. The molecule has 0 spiro atoms. The van der Waals surface area contributed by atoms with E-state index in [-0.39, 0.29) is 17.9 Å². The van der Waals surface area contributed by atoms with E-state index in [0.29, 0.717) is 5.96 Å². The number of aliphatic imine (C=N–C) groups is 1. The number of hydrogen-bond donors (Lipinski definition) is 3. The molecule has 5 heteroatoms. The normalized spacial score (nSPS) is 19.2. The maximum Gasteiger partial charge on any atom is 0.239 e. The second-order valence-electron chi connectivity index (χ2n) is 4.21. The second kappa shape index (κ2) is 4.30. The first kappa shape index (κ1) is 10.8. The van der Waals surface area contributed by atoms with E-state index in [2.05, 4.69) is 34.8 Å². The molecule has 1 amide bonds. The Morgan fingerprint density at radius 3 is 2.86 bits per heavy atom. The molecular formula is C9H18N4O. The first-order valence-corrected chi connectivity index (χ1v) is 4.76. The number of guanidine groups is 1. The third-order valence-corrected chi connectivity index (χ3v) is 2.09. The van der Waals surface area contributed by atoms with Gasteiger partial charge in [-0.05, 0) is 0 Å². The van der Waals surface area contributed by atoms with Crippen molar-refractivity contribution in [2.45, 2.75) is 13.8 Å². The number of likely N-dealkylation sites (N-methyl/N-ethyl adjacent to an activating group) is 1. The number of nitrogens with one attached hydrogen (secondary N) is 3. The highest BCUT2D eigenvalue weighted by Gasteiger charge is 2.22. The summed E-state index contributed by atoms with van der Waals surface area (Å²) < 4.78 is 0. The zero-order valence-corrected chi connectivity index (χ0v) is 8.98. The molecule has 0 saturated heterocycles. The molecule has 14 heavy (non-hydrogen) atoms. The Kier molecular flexibility index (Phi) is 3.33. The molecule has 1 heterocycles. The molecule has 0 aromatic rings. The summed E-state index contributed by atoms with van der Waals surface area (Å²) in [5, 5.41) is 8.62. The van der Waals surface area contributed by atoms with Gasteiger partial charge in [-0.15, -0.1) is 0 Å². The molecule has 0 atom stereocenters. The number of amides is 1. The first-order valence-electron chi connectivity index (χ1n) is 4.76. The lowest BCUT2D eigenvalue weighted by atomic mass is 9.93. The van der Waals surface area contributed by atoms with E-state index in [1.165, 1.54) is 0 Å². The van der Waals surface area contributed by atoms with Crippen molar-refractivity contribution in [2.24, 2.45) is 10.4 Å². The van der Waals surface area contributed by atoms with Crippen molar-refractivity contribution >= 4 is 11.9 Å². The molecule has 0 fully saturated rings. The summed E-state index contributed by atoms with van der Waals surface area (Å²) in [5.74, 6) is 0.673. The number of carbonyl (C=O) groups is 1. The van der Waals surface area contributed by atoms with Crippen LogP contribution in [0, 0.1) is 5.41 Å². The fourth-order valence-corrected chi connectivity index (χ4v) is 1.10. The quantitative estimate of drug-likeness (QED) is 0.550. The van der Waals surface area contributed by atoms with E-state index in [1.54, 1.807) is 7.05 Å². The smallest absolute Gasteiger partial charge is 0.239 e. The summed E-state index contributed by atoms with van der Waals surface area (Å²) in [7, 11) is 1.61. The van der Waals surface area contributed by atoms with E-state index in [0.717, 1.165) is 13.1 Å². The van der Waals surface area contributed by atoms with Crippen LogP contribution < -0.4 is 16.0 Å². The highest BCUT2D eigenvalue weighted by molar-refractivity contribution is 5.86. The van der Waals surface area contributed by atoms with Crippen LogP contribution in [-0.4, -0.2) is 38.5 Å². The van der Waals surface area contributed by atoms with Crippen molar-refractivity contribution < 1.29 is 4.79 Å². The van der Waals surface area contributed by atoms with Crippen LogP contribution in [0.2, 0.25) is 0 Å². The average molecular weight is 198 g/mol. The molecule has 0 bridgehead atoms. The van der Waals surface area contributed by atoms with Crippen molar-refractivity contribution in [3.8, 4) is 0 Å². The van der Waals surface area contributed by atoms with Crippen LogP contribution >= 0.6 is 0 Å². The Balaban J connectivity index is 2.34. The van der Waals surface area contributed by atoms with Crippen LogP contribution in [0.15, 0.2) is 4.99 Å². The first-order chi connectivity index (χ1) is 6.53. The van der Waals surface area contributed by atoms with Gasteiger partial charge in [-0.3, -0.25) is 9.79 Å². The van der Waals surface area contributed by atoms with Crippen LogP contribution in [-0.2, 0) is 4.79 Å². The van der Waals surface area contributed by atoms with Gasteiger partial charge in [-0.1, -0.05) is 13.8 Å². The lowest BCUT2D eigenvalue weighted by Crippen LogP contribution is -2.49. The standard InChI is InChI=1S/C9H18N4O/c1-9(2)5-12-8(13-6-9)11-4-7(14)10-3/h4-6H2,1-3H3,(H,10,14)(H2,11,12,13). The molecule has 1 aliphatic rings. The summed E-state index contributed by atoms with van der Waals surface area (Å²) in [6.45, 7) is 6.24. The zero-order chi connectivity index (χ0) is 10.6. The monoisotopic (exact) mass is 198 g/mol. The van der Waals surface area contributed by atoms with Crippen LogP contribution in [0.3, 0.4) is 0 Å². The summed E-state index contributed by atoms with van der Waals surface area (Å²) in [4.78, 5) is 15.2. The van der Waals surface area contributed by atoms with Gasteiger partial charge in [0.2, 0.25) is 5.91 Å². The predicted molar refractivity (Wildman–Crippen MR) is 56.2 cm³/mol. The lowest BCUT2D eigenvalue weighted by Gasteiger charge is -2.29. The molecule has 3 N–H and O–H groups in total. The Morgan fingerprint density at radius 1 is 1.64 bits per heavy atom. The topological polar surface area (TPSA) is 65.5 Å². The highest BCUT2D eigenvalue weighted by atomic mass is 16.1. The molecular weight excluding hydrogens is 180 g/mol. The average Bonchev–Trinajstić information content (AvgIpc) is 2.16. The van der Waals surface area contributed by atoms with E-state index in [1.807, 2.05) is 0 Å². The van der Waals surface area contributed by atoms with E-state index >= 15 is 0 Å². The van der Waals surface area contributed by atoms with Crippen LogP contribution in [0.25, 0.3) is 0 Å². The Morgan fingerprint density at radius 2 is 2.36 bits per heavy atom. The minimum atomic E-state index is -0.0423. The fourth-order valence-electron chi connectivity index (χ4n) is 1.10. The molecule has 0 aliphatic carbocycles. The molecule has 1 rings (SSSR count). The van der Waals surface area contributed by atoms with Gasteiger partial charge in [0.05, 0.1) is 6.54 Å². The van der Waals surface area contributed by atoms with Gasteiger partial charge in [0.1, 0.15) is 0 Å². The lowest BCUT2D eigenvalue weighted by molar-refractivity contribution is -0.119. The maximum absolute atomic E-state index is 10.9. The van der Waals surface area contributed by atoms with Gasteiger partial charge in [-0.2, -0.15) is 0 Å². The van der Waals surface area contributed by atoms with Crippen LogP contribution in [0.1, 0.15) is 13.8 Å². The Bertz CT molecular complexity index is 247. The molecule has 5 nitrogen and oxygen atoms in total. The van der Waals surface area contributed by atoms with Gasteiger partial charge in [0.25, 0.3) is 0 Å². The number of nitrogens with zero attached hydrogens (tertiary/aromatic N) is 1. The number of rotatable bonds is 2. The van der Waals surface area contributed by atoms with Crippen molar-refractivity contribution in [3.63, 3.8) is 0 Å². The summed E-state index contributed by atoms with van der Waals surface area (Å²) >= 11 is 0. The van der Waals surface area contributed by atoms with E-state index in [9.17, 15) is 4.79 Å². The Labute approximate surface area is 84.4 Å². The van der Waals surface area contributed by atoms with Gasteiger partial charge in [0, 0.05) is 25.6 Å². The molecule has 0 unspecified atom stereocenters. The van der Waals surface area contributed by atoms with E-state index < -0.39 is 0 Å². The van der Waals surface area contributed by atoms with Gasteiger partial charge in [0.15, 0.2) is 5.96 Å². The largest absolute Gasteiger partial charge is 0.358 e. The molecule has 0 radical (unpaired) electrons. The molecule has 1 aliphatic heterocycles. The third kappa shape index (κ3) is 3.24. The van der Waals surface area contributed by atoms with E-state index in [4.69, 9.17) is 0 Å². The molecule has 80 valence electrons. The van der Waals surface area contributed by atoms with Gasteiger partial charge in [-0.25, -0.2) is 0 Å².